The molecule has 3 heterocycles. The molecule has 0 bridgehead atoms. The summed E-state index contributed by atoms with van der Waals surface area (Å²) in [6.45, 7) is 5.19. The van der Waals surface area contributed by atoms with Gasteiger partial charge in [-0.05, 0) is 44.6 Å². The Morgan fingerprint density at radius 3 is 2.74 bits per heavy atom. The number of rotatable bonds is 4. The fraction of sp³-hybridized carbons (Fsp3) is 0.714. The maximum atomic E-state index is 12.9. The summed E-state index contributed by atoms with van der Waals surface area (Å²) in [5, 5.41) is 0. The molecule has 2 saturated heterocycles. The molecule has 1 amide bonds. The van der Waals surface area contributed by atoms with E-state index >= 15 is 0 Å². The molecule has 1 aromatic heterocycles. The minimum atomic E-state index is 0.0599. The van der Waals surface area contributed by atoms with Crippen LogP contribution in [0.15, 0.2) is 18.3 Å². The summed E-state index contributed by atoms with van der Waals surface area (Å²) in [4.78, 5) is 21.8. The van der Waals surface area contributed by atoms with Gasteiger partial charge in [-0.2, -0.15) is 0 Å². The van der Waals surface area contributed by atoms with Crippen LogP contribution in [0, 0.1) is 0 Å². The van der Waals surface area contributed by atoms with Gasteiger partial charge in [0.05, 0.1) is 12.2 Å². The minimum absolute atomic E-state index is 0.0599. The van der Waals surface area contributed by atoms with Crippen LogP contribution in [-0.2, 0) is 4.74 Å². The van der Waals surface area contributed by atoms with Gasteiger partial charge in [0, 0.05) is 51.1 Å². The van der Waals surface area contributed by atoms with Gasteiger partial charge in [-0.15, -0.1) is 0 Å². The van der Waals surface area contributed by atoms with Gasteiger partial charge in [-0.25, -0.2) is 4.98 Å². The van der Waals surface area contributed by atoms with Crippen molar-refractivity contribution in [1.29, 1.82) is 0 Å². The zero-order chi connectivity index (χ0) is 18.5. The molecule has 3 aliphatic rings. The highest BCUT2D eigenvalue weighted by Gasteiger charge is 2.28. The quantitative estimate of drug-likeness (QED) is 0.812. The molecule has 3 fully saturated rings. The molecule has 6 nitrogen and oxygen atoms in total. The van der Waals surface area contributed by atoms with E-state index in [2.05, 4.69) is 9.88 Å². The van der Waals surface area contributed by atoms with Gasteiger partial charge >= 0.3 is 0 Å². The summed E-state index contributed by atoms with van der Waals surface area (Å²) in [7, 11) is 0. The Balaban J connectivity index is 1.31. The van der Waals surface area contributed by atoms with Gasteiger partial charge in [-0.1, -0.05) is 6.42 Å². The van der Waals surface area contributed by atoms with Crippen molar-refractivity contribution in [3.63, 3.8) is 0 Å². The zero-order valence-electron chi connectivity index (χ0n) is 16.1. The molecule has 1 unspecified atom stereocenters. The standard InChI is InChI=1S/C21H31N3O3/c25-21(24-11-4-10-23(12-13-24)18-5-3-6-18)17-8-9-20(22-15-17)27-19-7-1-2-14-26-16-19/h8-9,15,18-19H,1-7,10-14,16H2. The lowest BCUT2D eigenvalue weighted by molar-refractivity contribution is 0.0624. The van der Waals surface area contributed by atoms with Crippen molar-refractivity contribution in [2.75, 3.05) is 39.4 Å². The monoisotopic (exact) mass is 373 g/mol. The van der Waals surface area contributed by atoms with E-state index in [1.807, 2.05) is 17.0 Å². The van der Waals surface area contributed by atoms with Crippen molar-refractivity contribution in [2.24, 2.45) is 0 Å². The predicted octanol–water partition coefficient (Wildman–Crippen LogP) is 2.73. The van der Waals surface area contributed by atoms with E-state index in [9.17, 15) is 4.79 Å². The molecule has 148 valence electrons. The number of amides is 1. The summed E-state index contributed by atoms with van der Waals surface area (Å²) in [6, 6.07) is 4.42. The first-order valence-electron chi connectivity index (χ1n) is 10.5. The van der Waals surface area contributed by atoms with Gasteiger partial charge in [0.15, 0.2) is 0 Å². The van der Waals surface area contributed by atoms with Crippen molar-refractivity contribution in [1.82, 2.24) is 14.8 Å². The molecule has 1 aromatic rings. The molecule has 2 aliphatic heterocycles. The number of hydrogen-bond acceptors (Lipinski definition) is 5. The Bertz CT molecular complexity index is 610. The van der Waals surface area contributed by atoms with Crippen LogP contribution in [0.25, 0.3) is 0 Å². The van der Waals surface area contributed by atoms with E-state index in [0.29, 0.717) is 18.1 Å². The van der Waals surface area contributed by atoms with Crippen molar-refractivity contribution in [3.05, 3.63) is 23.9 Å². The van der Waals surface area contributed by atoms with E-state index in [-0.39, 0.29) is 12.0 Å². The van der Waals surface area contributed by atoms with Gasteiger partial charge < -0.3 is 14.4 Å². The summed E-state index contributed by atoms with van der Waals surface area (Å²) in [5.41, 5.74) is 0.650. The molecule has 0 aromatic carbocycles. The Kier molecular flexibility index (Phi) is 6.24. The smallest absolute Gasteiger partial charge is 0.255 e. The first kappa shape index (κ1) is 18.7. The molecule has 6 heteroatoms. The van der Waals surface area contributed by atoms with Gasteiger partial charge in [0.25, 0.3) is 5.91 Å². The van der Waals surface area contributed by atoms with Crippen molar-refractivity contribution in [3.8, 4) is 5.88 Å². The third kappa shape index (κ3) is 4.79. The lowest BCUT2D eigenvalue weighted by Gasteiger charge is -2.36. The summed E-state index contributed by atoms with van der Waals surface area (Å²) >= 11 is 0. The SMILES string of the molecule is O=C(c1ccc(OC2CCCCOC2)nc1)N1CCCN(C2CCC2)CC1. The fourth-order valence-electron chi connectivity index (χ4n) is 4.15. The van der Waals surface area contributed by atoms with Crippen LogP contribution in [-0.4, -0.2) is 72.2 Å². The number of aromatic nitrogens is 1. The molecule has 27 heavy (non-hydrogen) atoms. The highest BCUT2D eigenvalue weighted by molar-refractivity contribution is 5.94. The Morgan fingerprint density at radius 2 is 1.96 bits per heavy atom. The zero-order valence-corrected chi connectivity index (χ0v) is 16.1. The van der Waals surface area contributed by atoms with Crippen molar-refractivity contribution >= 4 is 5.91 Å². The third-order valence-corrected chi connectivity index (χ3v) is 6.05. The minimum Gasteiger partial charge on any atom is -0.472 e. The molecule has 0 N–H and O–H groups in total. The van der Waals surface area contributed by atoms with Crippen LogP contribution in [0.5, 0.6) is 5.88 Å². The molecular formula is C21H31N3O3. The lowest BCUT2D eigenvalue weighted by atomic mass is 9.91. The Hall–Kier alpha value is -1.66. The largest absolute Gasteiger partial charge is 0.472 e. The van der Waals surface area contributed by atoms with E-state index in [1.165, 1.54) is 19.3 Å². The van der Waals surface area contributed by atoms with E-state index in [4.69, 9.17) is 9.47 Å². The van der Waals surface area contributed by atoms with E-state index in [1.54, 1.807) is 6.20 Å². The first-order chi connectivity index (χ1) is 13.3. The number of pyridine rings is 1. The van der Waals surface area contributed by atoms with E-state index < -0.39 is 0 Å². The number of carbonyl (C=O) groups is 1. The second kappa shape index (κ2) is 9.02. The molecule has 0 spiro atoms. The van der Waals surface area contributed by atoms with Gasteiger partial charge in [0.2, 0.25) is 5.88 Å². The maximum absolute atomic E-state index is 12.9. The molecule has 1 atom stereocenters. The number of carbonyl (C=O) groups excluding carboxylic acids is 1. The second-order valence-corrected chi connectivity index (χ2v) is 7.96. The summed E-state index contributed by atoms with van der Waals surface area (Å²) in [6.07, 6.45) is 9.98. The summed E-state index contributed by atoms with van der Waals surface area (Å²) in [5.74, 6) is 0.663. The third-order valence-electron chi connectivity index (χ3n) is 6.05. The Labute approximate surface area is 161 Å². The van der Waals surface area contributed by atoms with Gasteiger partial charge in [-0.3, -0.25) is 9.69 Å². The number of hydrogen-bond donors (Lipinski definition) is 0. The lowest BCUT2D eigenvalue weighted by Crippen LogP contribution is -2.42. The molecule has 1 aliphatic carbocycles. The molecular weight excluding hydrogens is 342 g/mol. The maximum Gasteiger partial charge on any atom is 0.255 e. The van der Waals surface area contributed by atoms with Crippen LogP contribution >= 0.6 is 0 Å². The average Bonchev–Trinajstić information content (AvgIpc) is 3.04. The normalized spacial score (nSPS) is 25.3. The van der Waals surface area contributed by atoms with Crippen molar-refractivity contribution < 1.29 is 14.3 Å². The number of nitrogens with zero attached hydrogens (tertiary/aromatic N) is 3. The van der Waals surface area contributed by atoms with E-state index in [0.717, 1.165) is 64.5 Å². The molecule has 0 radical (unpaired) electrons. The average molecular weight is 373 g/mol. The number of ether oxygens (including phenoxy) is 2. The van der Waals surface area contributed by atoms with Gasteiger partial charge in [0.1, 0.15) is 6.10 Å². The highest BCUT2D eigenvalue weighted by Crippen LogP contribution is 2.26. The highest BCUT2D eigenvalue weighted by atomic mass is 16.5. The summed E-state index contributed by atoms with van der Waals surface area (Å²) < 4.78 is 11.5. The second-order valence-electron chi connectivity index (χ2n) is 7.96. The first-order valence-corrected chi connectivity index (χ1v) is 10.5. The van der Waals surface area contributed by atoms with Crippen LogP contribution < -0.4 is 4.74 Å². The fourth-order valence-corrected chi connectivity index (χ4v) is 4.15. The van der Waals surface area contributed by atoms with Crippen LogP contribution in [0.4, 0.5) is 0 Å². The van der Waals surface area contributed by atoms with Crippen molar-refractivity contribution in [2.45, 2.75) is 57.1 Å². The predicted molar refractivity (Wildman–Crippen MR) is 103 cm³/mol. The van der Waals surface area contributed by atoms with Crippen LogP contribution in [0.1, 0.15) is 55.3 Å². The molecule has 4 rings (SSSR count). The topological polar surface area (TPSA) is 54.9 Å². The van der Waals surface area contributed by atoms with Crippen LogP contribution in [0.2, 0.25) is 0 Å². The van der Waals surface area contributed by atoms with Crippen LogP contribution in [0.3, 0.4) is 0 Å². The molecule has 1 saturated carbocycles. The Morgan fingerprint density at radius 1 is 1.04 bits per heavy atom.